The van der Waals surface area contributed by atoms with Crippen LogP contribution >= 0.6 is 11.6 Å². The highest BCUT2D eigenvalue weighted by Crippen LogP contribution is 2.38. The summed E-state index contributed by atoms with van der Waals surface area (Å²) in [5, 5.41) is 0.236. The molecule has 0 N–H and O–H groups in total. The maximum atomic E-state index is 12.4. The van der Waals surface area contributed by atoms with Crippen molar-refractivity contribution in [3.05, 3.63) is 18.2 Å². The lowest BCUT2D eigenvalue weighted by atomic mass is 10.0. The number of imidazole rings is 1. The molecule has 1 aromatic heterocycles. The Morgan fingerprint density at radius 3 is 2.59 bits per heavy atom. The molecule has 1 amide bonds. The summed E-state index contributed by atoms with van der Waals surface area (Å²) < 4.78 is 1.81. The van der Waals surface area contributed by atoms with Gasteiger partial charge >= 0.3 is 0 Å². The molecule has 2 atom stereocenters. The summed E-state index contributed by atoms with van der Waals surface area (Å²) in [5.41, 5.74) is 0.553. The van der Waals surface area contributed by atoms with Crippen LogP contribution in [0, 0.1) is 0 Å². The van der Waals surface area contributed by atoms with Crippen molar-refractivity contribution in [2.45, 2.75) is 43.1 Å². The SMILES string of the molecule is Cn1cnc(C(=O)N2C3CCC2CC(Cl)C3)c1. The van der Waals surface area contributed by atoms with Gasteiger partial charge in [-0.3, -0.25) is 4.79 Å². The van der Waals surface area contributed by atoms with E-state index in [4.69, 9.17) is 11.6 Å². The van der Waals surface area contributed by atoms with Crippen molar-refractivity contribution in [3.63, 3.8) is 0 Å². The van der Waals surface area contributed by atoms with Crippen molar-refractivity contribution >= 4 is 17.5 Å². The largest absolute Gasteiger partial charge is 0.340 e. The second-order valence-electron chi connectivity index (χ2n) is 5.09. The maximum absolute atomic E-state index is 12.4. The summed E-state index contributed by atoms with van der Waals surface area (Å²) in [7, 11) is 1.88. The number of rotatable bonds is 1. The van der Waals surface area contributed by atoms with E-state index in [1.54, 1.807) is 12.5 Å². The van der Waals surface area contributed by atoms with Crippen LogP contribution in [0.4, 0.5) is 0 Å². The Balaban J connectivity index is 1.83. The first-order chi connectivity index (χ1) is 8.15. The molecule has 2 bridgehead atoms. The molecule has 0 radical (unpaired) electrons. The number of alkyl halides is 1. The molecule has 2 saturated heterocycles. The second kappa shape index (κ2) is 4.02. The molecule has 0 aromatic carbocycles. The Kier molecular flexibility index (Phi) is 2.62. The number of aromatic nitrogens is 2. The number of carbonyl (C=O) groups is 1. The van der Waals surface area contributed by atoms with E-state index in [1.807, 2.05) is 16.5 Å². The average molecular weight is 254 g/mol. The van der Waals surface area contributed by atoms with Crippen molar-refractivity contribution in [1.29, 1.82) is 0 Å². The van der Waals surface area contributed by atoms with E-state index in [0.717, 1.165) is 25.7 Å². The molecule has 3 rings (SSSR count). The minimum atomic E-state index is 0.0710. The first kappa shape index (κ1) is 11.1. The zero-order chi connectivity index (χ0) is 12.0. The molecular weight excluding hydrogens is 238 g/mol. The average Bonchev–Trinajstić information content (AvgIpc) is 2.81. The number of halogens is 1. The summed E-state index contributed by atoms with van der Waals surface area (Å²) in [6.07, 6.45) is 7.49. The van der Waals surface area contributed by atoms with Gasteiger partial charge in [0, 0.05) is 30.7 Å². The van der Waals surface area contributed by atoms with Gasteiger partial charge in [0.1, 0.15) is 5.69 Å². The highest BCUT2D eigenvalue weighted by atomic mass is 35.5. The minimum Gasteiger partial charge on any atom is -0.340 e. The number of fused-ring (bicyclic) bond motifs is 2. The van der Waals surface area contributed by atoms with Crippen molar-refractivity contribution < 1.29 is 4.79 Å². The fourth-order valence-corrected chi connectivity index (χ4v) is 3.51. The molecule has 2 aliphatic heterocycles. The fraction of sp³-hybridized carbons (Fsp3) is 0.667. The number of nitrogens with zero attached hydrogens (tertiary/aromatic N) is 3. The molecule has 2 unspecified atom stereocenters. The van der Waals surface area contributed by atoms with Gasteiger partial charge in [0.05, 0.1) is 6.33 Å². The molecule has 1 aromatic rings. The monoisotopic (exact) mass is 253 g/mol. The highest BCUT2D eigenvalue weighted by molar-refractivity contribution is 6.20. The molecule has 92 valence electrons. The van der Waals surface area contributed by atoms with E-state index < -0.39 is 0 Å². The lowest BCUT2D eigenvalue weighted by Crippen LogP contribution is -2.47. The molecule has 4 nitrogen and oxygen atoms in total. The molecule has 17 heavy (non-hydrogen) atoms. The van der Waals surface area contributed by atoms with E-state index in [2.05, 4.69) is 4.98 Å². The van der Waals surface area contributed by atoms with Gasteiger partial charge in [-0.05, 0) is 25.7 Å². The number of amides is 1. The summed E-state index contributed by atoms with van der Waals surface area (Å²) in [6, 6.07) is 0.650. The van der Waals surface area contributed by atoms with E-state index in [-0.39, 0.29) is 11.3 Å². The Morgan fingerprint density at radius 2 is 2.06 bits per heavy atom. The third kappa shape index (κ3) is 1.84. The summed E-state index contributed by atoms with van der Waals surface area (Å²) in [4.78, 5) is 18.5. The third-order valence-corrected chi connectivity index (χ3v) is 4.19. The number of hydrogen-bond donors (Lipinski definition) is 0. The molecule has 0 spiro atoms. The quantitative estimate of drug-likeness (QED) is 0.716. The first-order valence-corrected chi connectivity index (χ1v) is 6.53. The molecule has 0 saturated carbocycles. The minimum absolute atomic E-state index is 0.0710. The van der Waals surface area contributed by atoms with Crippen LogP contribution in [-0.4, -0.2) is 37.8 Å². The zero-order valence-electron chi connectivity index (χ0n) is 9.84. The maximum Gasteiger partial charge on any atom is 0.274 e. The van der Waals surface area contributed by atoms with Crippen LogP contribution in [0.15, 0.2) is 12.5 Å². The fourth-order valence-electron chi connectivity index (χ4n) is 3.10. The van der Waals surface area contributed by atoms with Gasteiger partial charge in [-0.2, -0.15) is 0 Å². The predicted molar refractivity (Wildman–Crippen MR) is 65.1 cm³/mol. The second-order valence-corrected chi connectivity index (χ2v) is 5.71. The van der Waals surface area contributed by atoms with Crippen LogP contribution in [-0.2, 0) is 7.05 Å². The zero-order valence-corrected chi connectivity index (χ0v) is 10.6. The van der Waals surface area contributed by atoms with Crippen LogP contribution in [0.5, 0.6) is 0 Å². The van der Waals surface area contributed by atoms with Crippen LogP contribution < -0.4 is 0 Å². The van der Waals surface area contributed by atoms with E-state index >= 15 is 0 Å². The molecule has 2 aliphatic rings. The topological polar surface area (TPSA) is 38.1 Å². The smallest absolute Gasteiger partial charge is 0.274 e. The lowest BCUT2D eigenvalue weighted by molar-refractivity contribution is 0.0594. The number of aryl methyl sites for hydroxylation is 1. The van der Waals surface area contributed by atoms with Gasteiger partial charge in [-0.25, -0.2) is 4.98 Å². The van der Waals surface area contributed by atoms with Gasteiger partial charge in [0.25, 0.3) is 5.91 Å². The molecule has 2 fully saturated rings. The van der Waals surface area contributed by atoms with Gasteiger partial charge in [-0.15, -0.1) is 11.6 Å². The van der Waals surface area contributed by atoms with Gasteiger partial charge in [0.2, 0.25) is 0 Å². The van der Waals surface area contributed by atoms with Gasteiger partial charge in [0.15, 0.2) is 0 Å². The Hall–Kier alpha value is -1.03. The van der Waals surface area contributed by atoms with Crippen LogP contribution in [0.2, 0.25) is 0 Å². The normalized spacial score (nSPS) is 31.9. The van der Waals surface area contributed by atoms with Gasteiger partial charge < -0.3 is 9.47 Å². The van der Waals surface area contributed by atoms with Crippen molar-refractivity contribution in [2.75, 3.05) is 0 Å². The molecule has 5 heteroatoms. The van der Waals surface area contributed by atoms with Crippen molar-refractivity contribution in [1.82, 2.24) is 14.5 Å². The molecular formula is C12H16ClN3O. The highest BCUT2D eigenvalue weighted by Gasteiger charge is 2.43. The lowest BCUT2D eigenvalue weighted by Gasteiger charge is -2.36. The standard InChI is InChI=1S/C12H16ClN3O/c1-15-6-11(14-7-15)12(17)16-9-2-3-10(16)5-8(13)4-9/h6-10H,2-5H2,1H3. The van der Waals surface area contributed by atoms with Crippen LogP contribution in [0.25, 0.3) is 0 Å². The van der Waals surface area contributed by atoms with E-state index in [9.17, 15) is 4.79 Å². The Labute approximate surface area is 106 Å². The Bertz CT molecular complexity index is 431. The molecule has 0 aliphatic carbocycles. The van der Waals surface area contributed by atoms with Crippen LogP contribution in [0.3, 0.4) is 0 Å². The Morgan fingerprint density at radius 1 is 1.41 bits per heavy atom. The predicted octanol–water partition coefficient (Wildman–Crippen LogP) is 1.79. The van der Waals surface area contributed by atoms with Crippen molar-refractivity contribution in [2.24, 2.45) is 7.05 Å². The summed E-state index contributed by atoms with van der Waals surface area (Å²) >= 11 is 6.21. The van der Waals surface area contributed by atoms with Gasteiger partial charge in [-0.1, -0.05) is 0 Å². The number of piperidine rings is 1. The van der Waals surface area contributed by atoms with E-state index in [0.29, 0.717) is 17.8 Å². The molecule has 3 heterocycles. The summed E-state index contributed by atoms with van der Waals surface area (Å²) in [6.45, 7) is 0. The number of carbonyl (C=O) groups excluding carboxylic acids is 1. The van der Waals surface area contributed by atoms with E-state index in [1.165, 1.54) is 0 Å². The summed E-state index contributed by atoms with van der Waals surface area (Å²) in [5.74, 6) is 0.0710. The third-order valence-electron chi connectivity index (χ3n) is 3.83. The van der Waals surface area contributed by atoms with Crippen LogP contribution in [0.1, 0.15) is 36.2 Å². The first-order valence-electron chi connectivity index (χ1n) is 6.10. The van der Waals surface area contributed by atoms with Crippen molar-refractivity contribution in [3.8, 4) is 0 Å². The number of hydrogen-bond acceptors (Lipinski definition) is 2.